The molecule has 0 saturated carbocycles. The van der Waals surface area contributed by atoms with E-state index >= 15 is 0 Å². The van der Waals surface area contributed by atoms with E-state index in [1.807, 2.05) is 0 Å². The van der Waals surface area contributed by atoms with Crippen molar-refractivity contribution in [1.29, 1.82) is 0 Å². The average Bonchev–Trinajstić information content (AvgIpc) is 2.90. The molecular weight excluding hydrogens is 334 g/mol. The van der Waals surface area contributed by atoms with Crippen LogP contribution in [0.2, 0.25) is 0 Å². The fourth-order valence-corrected chi connectivity index (χ4v) is 4.40. The number of fused-ring (bicyclic) bond motifs is 1. The predicted molar refractivity (Wildman–Crippen MR) is 87.8 cm³/mol. The first-order chi connectivity index (χ1) is 9.81. The molecule has 1 aromatic heterocycles. The largest absolute Gasteiger partial charge is 0.493 e. The lowest BCUT2D eigenvalue weighted by atomic mass is 9.97. The highest BCUT2D eigenvalue weighted by Gasteiger charge is 2.24. The normalized spacial score (nSPS) is 15.5. The number of hydrogen-bond donors (Lipinski definition) is 1. The first-order valence-electron chi connectivity index (χ1n) is 7.02. The number of benzene rings is 1. The molecule has 0 fully saturated rings. The van der Waals surface area contributed by atoms with Crippen LogP contribution in [0.1, 0.15) is 35.4 Å². The van der Waals surface area contributed by atoms with E-state index in [-0.39, 0.29) is 6.04 Å². The molecule has 20 heavy (non-hydrogen) atoms. The zero-order chi connectivity index (χ0) is 13.9. The van der Waals surface area contributed by atoms with Crippen LogP contribution < -0.4 is 10.1 Å². The lowest BCUT2D eigenvalue weighted by Crippen LogP contribution is -2.23. The molecule has 3 rings (SSSR count). The van der Waals surface area contributed by atoms with Gasteiger partial charge in [-0.1, -0.05) is 25.1 Å². The molecule has 1 unspecified atom stereocenters. The van der Waals surface area contributed by atoms with Gasteiger partial charge in [0.25, 0.3) is 0 Å². The summed E-state index contributed by atoms with van der Waals surface area (Å²) in [5.74, 6) is 1.09. The maximum Gasteiger partial charge on any atom is 0.127 e. The van der Waals surface area contributed by atoms with Crippen LogP contribution in [0.15, 0.2) is 34.1 Å². The molecule has 0 aliphatic carbocycles. The number of rotatable bonds is 4. The fraction of sp³-hybridized carbons (Fsp3) is 0.375. The van der Waals surface area contributed by atoms with E-state index in [1.165, 1.54) is 20.5 Å². The Labute approximate surface area is 132 Å². The highest BCUT2D eigenvalue weighted by molar-refractivity contribution is 9.10. The van der Waals surface area contributed by atoms with Gasteiger partial charge in [0, 0.05) is 14.9 Å². The third-order valence-corrected chi connectivity index (χ3v) is 5.53. The van der Waals surface area contributed by atoms with Gasteiger partial charge in [-0.2, -0.15) is 0 Å². The van der Waals surface area contributed by atoms with Gasteiger partial charge in [0.1, 0.15) is 5.75 Å². The summed E-state index contributed by atoms with van der Waals surface area (Å²) in [6.45, 7) is 3.90. The summed E-state index contributed by atoms with van der Waals surface area (Å²) in [5.41, 5.74) is 2.59. The minimum atomic E-state index is 0.197. The van der Waals surface area contributed by atoms with Crippen LogP contribution in [0.25, 0.3) is 0 Å². The number of aryl methyl sites for hydroxylation is 1. The van der Waals surface area contributed by atoms with Gasteiger partial charge >= 0.3 is 0 Å². The molecular formula is C16H18BrNOS. The van der Waals surface area contributed by atoms with Crippen LogP contribution in [-0.4, -0.2) is 13.2 Å². The smallest absolute Gasteiger partial charge is 0.127 e. The quantitative estimate of drug-likeness (QED) is 0.873. The molecule has 4 heteroatoms. The standard InChI is InChI=1S/C16H18BrNOS/c1-2-18-14(16-13(17)8-10-20-16)12-7-3-5-11-6-4-9-19-15(11)12/h3,5,7-8,10,14,18H,2,4,6,9H2,1H3. The molecule has 0 radical (unpaired) electrons. The van der Waals surface area contributed by atoms with Crippen molar-refractivity contribution >= 4 is 27.3 Å². The summed E-state index contributed by atoms with van der Waals surface area (Å²) in [6.07, 6.45) is 2.23. The summed E-state index contributed by atoms with van der Waals surface area (Å²) in [6, 6.07) is 8.83. The monoisotopic (exact) mass is 351 g/mol. The minimum absolute atomic E-state index is 0.197. The van der Waals surface area contributed by atoms with E-state index < -0.39 is 0 Å². The van der Waals surface area contributed by atoms with Crippen molar-refractivity contribution in [2.45, 2.75) is 25.8 Å². The molecule has 0 amide bonds. The van der Waals surface area contributed by atoms with Gasteiger partial charge in [-0.05, 0) is 52.3 Å². The number of halogens is 1. The van der Waals surface area contributed by atoms with Crippen molar-refractivity contribution in [2.75, 3.05) is 13.2 Å². The molecule has 1 atom stereocenters. The Balaban J connectivity index is 2.06. The summed E-state index contributed by atoms with van der Waals surface area (Å²) in [4.78, 5) is 1.31. The van der Waals surface area contributed by atoms with Gasteiger partial charge in [0.2, 0.25) is 0 Å². The molecule has 0 spiro atoms. The molecule has 1 aliphatic heterocycles. The first kappa shape index (κ1) is 14.1. The van der Waals surface area contributed by atoms with E-state index in [2.05, 4.69) is 57.8 Å². The van der Waals surface area contributed by atoms with Crippen LogP contribution >= 0.6 is 27.3 Å². The molecule has 2 nitrogen and oxygen atoms in total. The van der Waals surface area contributed by atoms with Gasteiger partial charge < -0.3 is 10.1 Å². The zero-order valence-corrected chi connectivity index (χ0v) is 13.9. The van der Waals surface area contributed by atoms with Gasteiger partial charge in [-0.15, -0.1) is 11.3 Å². The van der Waals surface area contributed by atoms with Crippen LogP contribution in [0.4, 0.5) is 0 Å². The Morgan fingerprint density at radius 3 is 3.05 bits per heavy atom. The van der Waals surface area contributed by atoms with Crippen molar-refractivity contribution in [3.8, 4) is 5.75 Å². The highest BCUT2D eigenvalue weighted by Crippen LogP contribution is 2.39. The number of hydrogen-bond acceptors (Lipinski definition) is 3. The van der Waals surface area contributed by atoms with Crippen molar-refractivity contribution in [2.24, 2.45) is 0 Å². The topological polar surface area (TPSA) is 21.3 Å². The second kappa shape index (κ2) is 6.29. The van der Waals surface area contributed by atoms with Gasteiger partial charge in [0.15, 0.2) is 0 Å². The zero-order valence-electron chi connectivity index (χ0n) is 11.5. The molecule has 1 aromatic carbocycles. The van der Waals surface area contributed by atoms with Crippen molar-refractivity contribution < 1.29 is 4.74 Å². The lowest BCUT2D eigenvalue weighted by molar-refractivity contribution is 0.283. The summed E-state index contributed by atoms with van der Waals surface area (Å²) < 4.78 is 7.14. The summed E-state index contributed by atoms with van der Waals surface area (Å²) in [5, 5.41) is 5.72. The molecule has 2 heterocycles. The van der Waals surface area contributed by atoms with Crippen LogP contribution in [0.3, 0.4) is 0 Å². The van der Waals surface area contributed by atoms with E-state index in [4.69, 9.17) is 4.74 Å². The third-order valence-electron chi connectivity index (χ3n) is 3.59. The molecule has 2 aromatic rings. The van der Waals surface area contributed by atoms with E-state index in [0.29, 0.717) is 0 Å². The van der Waals surface area contributed by atoms with E-state index in [1.54, 1.807) is 11.3 Å². The molecule has 0 saturated heterocycles. The number of para-hydroxylation sites is 1. The third kappa shape index (κ3) is 2.65. The average molecular weight is 352 g/mol. The maximum absolute atomic E-state index is 5.97. The second-order valence-corrected chi connectivity index (χ2v) is 6.71. The maximum atomic E-state index is 5.97. The number of nitrogens with one attached hydrogen (secondary N) is 1. The number of ether oxygens (including phenoxy) is 1. The Bertz CT molecular complexity index is 596. The predicted octanol–water partition coefficient (Wildman–Crippen LogP) is 4.53. The fourth-order valence-electron chi connectivity index (χ4n) is 2.70. The van der Waals surface area contributed by atoms with Gasteiger partial charge in [-0.3, -0.25) is 0 Å². The Kier molecular flexibility index (Phi) is 4.44. The molecule has 0 bridgehead atoms. The molecule has 106 valence electrons. The van der Waals surface area contributed by atoms with Crippen molar-refractivity contribution in [1.82, 2.24) is 5.32 Å². The van der Waals surface area contributed by atoms with E-state index in [0.717, 1.165) is 31.7 Å². The van der Waals surface area contributed by atoms with E-state index in [9.17, 15) is 0 Å². The van der Waals surface area contributed by atoms with Gasteiger partial charge in [-0.25, -0.2) is 0 Å². The Morgan fingerprint density at radius 1 is 1.40 bits per heavy atom. The first-order valence-corrected chi connectivity index (χ1v) is 8.69. The highest BCUT2D eigenvalue weighted by atomic mass is 79.9. The van der Waals surface area contributed by atoms with Gasteiger partial charge in [0.05, 0.1) is 12.6 Å². The van der Waals surface area contributed by atoms with Crippen LogP contribution in [0.5, 0.6) is 5.75 Å². The number of thiophene rings is 1. The SMILES string of the molecule is CCNC(c1cccc2c1OCCC2)c1sccc1Br. The minimum Gasteiger partial charge on any atom is -0.493 e. The Hall–Kier alpha value is -0.840. The summed E-state index contributed by atoms with van der Waals surface area (Å²) >= 11 is 5.44. The summed E-state index contributed by atoms with van der Waals surface area (Å²) in [7, 11) is 0. The van der Waals surface area contributed by atoms with Crippen molar-refractivity contribution in [3.63, 3.8) is 0 Å². The second-order valence-electron chi connectivity index (χ2n) is 4.91. The van der Waals surface area contributed by atoms with Crippen molar-refractivity contribution in [3.05, 3.63) is 50.1 Å². The van der Waals surface area contributed by atoms with Crippen LogP contribution in [-0.2, 0) is 6.42 Å². The lowest BCUT2D eigenvalue weighted by Gasteiger charge is -2.25. The Morgan fingerprint density at radius 2 is 2.30 bits per heavy atom. The van der Waals surface area contributed by atoms with Crippen LogP contribution in [0, 0.1) is 0 Å². The molecule has 1 aliphatic rings. The molecule has 1 N–H and O–H groups in total.